The van der Waals surface area contributed by atoms with Gasteiger partial charge in [-0.1, -0.05) is 0 Å². The summed E-state index contributed by atoms with van der Waals surface area (Å²) in [7, 11) is 1.96. The first-order valence-electron chi connectivity index (χ1n) is 5.94. The molecule has 0 amide bonds. The highest BCUT2D eigenvalue weighted by atomic mass is 32.1. The zero-order valence-electron chi connectivity index (χ0n) is 11.5. The first kappa shape index (κ1) is 13.2. The number of aliphatic hydroxyl groups is 1. The van der Waals surface area contributed by atoms with Crippen LogP contribution in [0.3, 0.4) is 0 Å². The van der Waals surface area contributed by atoms with Crippen LogP contribution >= 0.6 is 11.3 Å². The second-order valence-electron chi connectivity index (χ2n) is 5.19. The summed E-state index contributed by atoms with van der Waals surface area (Å²) < 4.78 is 0. The summed E-state index contributed by atoms with van der Waals surface area (Å²) in [6.07, 6.45) is 1.59. The molecular formula is C13H19N3OS. The van der Waals surface area contributed by atoms with Gasteiger partial charge in [-0.05, 0) is 33.3 Å². The molecule has 0 aromatic carbocycles. The van der Waals surface area contributed by atoms with Gasteiger partial charge in [-0.15, -0.1) is 11.3 Å². The lowest BCUT2D eigenvalue weighted by Gasteiger charge is -2.35. The standard InChI is InChI=1S/C13H19N3OS/c1-8-9(2)18-12-10(8)11(14-7-15-12)16(5)13(3,4)6-17/h7,17H,6H2,1-5H3. The largest absolute Gasteiger partial charge is 0.394 e. The van der Waals surface area contributed by atoms with Crippen LogP contribution in [0.2, 0.25) is 0 Å². The molecule has 0 saturated heterocycles. The Hall–Kier alpha value is -1.20. The Morgan fingerprint density at radius 3 is 2.61 bits per heavy atom. The van der Waals surface area contributed by atoms with Crippen LogP contribution in [0.1, 0.15) is 24.3 Å². The van der Waals surface area contributed by atoms with Gasteiger partial charge in [0.05, 0.1) is 17.5 Å². The molecule has 2 aromatic rings. The number of thiophene rings is 1. The molecule has 0 bridgehead atoms. The second-order valence-corrected chi connectivity index (χ2v) is 6.39. The number of hydrogen-bond donors (Lipinski definition) is 1. The summed E-state index contributed by atoms with van der Waals surface area (Å²) in [6.45, 7) is 8.27. The van der Waals surface area contributed by atoms with E-state index in [-0.39, 0.29) is 12.1 Å². The Kier molecular flexibility index (Phi) is 3.29. The van der Waals surface area contributed by atoms with Crippen molar-refractivity contribution in [1.82, 2.24) is 9.97 Å². The molecule has 0 fully saturated rings. The Bertz CT molecular complexity index is 577. The number of fused-ring (bicyclic) bond motifs is 1. The fourth-order valence-corrected chi connectivity index (χ4v) is 2.80. The maximum atomic E-state index is 9.49. The molecule has 4 nitrogen and oxygen atoms in total. The Labute approximate surface area is 111 Å². The predicted octanol–water partition coefficient (Wildman–Crippen LogP) is 2.52. The van der Waals surface area contributed by atoms with E-state index in [1.807, 2.05) is 25.8 Å². The first-order chi connectivity index (χ1) is 8.38. The lowest BCUT2D eigenvalue weighted by molar-refractivity contribution is 0.216. The molecule has 0 unspecified atom stereocenters. The second kappa shape index (κ2) is 4.48. The van der Waals surface area contributed by atoms with Crippen molar-refractivity contribution >= 4 is 27.4 Å². The van der Waals surface area contributed by atoms with E-state index in [0.29, 0.717) is 0 Å². The van der Waals surface area contributed by atoms with Crippen LogP contribution in [0, 0.1) is 13.8 Å². The monoisotopic (exact) mass is 265 g/mol. The van der Waals surface area contributed by atoms with E-state index in [4.69, 9.17) is 0 Å². The maximum Gasteiger partial charge on any atom is 0.141 e. The highest BCUT2D eigenvalue weighted by Crippen LogP contribution is 2.35. The molecule has 2 aromatic heterocycles. The summed E-state index contributed by atoms with van der Waals surface area (Å²) in [5, 5.41) is 10.6. The van der Waals surface area contributed by atoms with E-state index in [1.165, 1.54) is 10.4 Å². The molecule has 0 aliphatic rings. The van der Waals surface area contributed by atoms with Crippen LogP contribution in [-0.4, -0.2) is 34.3 Å². The molecule has 0 aliphatic carbocycles. The van der Waals surface area contributed by atoms with E-state index >= 15 is 0 Å². The van der Waals surface area contributed by atoms with Crippen molar-refractivity contribution in [2.24, 2.45) is 0 Å². The number of aromatic nitrogens is 2. The number of aliphatic hydroxyl groups excluding tert-OH is 1. The van der Waals surface area contributed by atoms with Gasteiger partial charge in [0.15, 0.2) is 0 Å². The number of nitrogens with zero attached hydrogens (tertiary/aromatic N) is 3. The van der Waals surface area contributed by atoms with Crippen LogP contribution in [0.5, 0.6) is 0 Å². The minimum atomic E-state index is -0.344. The van der Waals surface area contributed by atoms with Crippen molar-refractivity contribution in [3.05, 3.63) is 16.8 Å². The minimum Gasteiger partial charge on any atom is -0.394 e. The van der Waals surface area contributed by atoms with E-state index in [9.17, 15) is 5.11 Å². The maximum absolute atomic E-state index is 9.49. The quantitative estimate of drug-likeness (QED) is 0.926. The molecule has 0 atom stereocenters. The number of hydrogen-bond acceptors (Lipinski definition) is 5. The predicted molar refractivity (Wildman–Crippen MR) is 76.5 cm³/mol. The zero-order valence-corrected chi connectivity index (χ0v) is 12.3. The zero-order chi connectivity index (χ0) is 13.5. The van der Waals surface area contributed by atoms with E-state index in [1.54, 1.807) is 17.7 Å². The summed E-state index contributed by atoms with van der Waals surface area (Å²) in [5.41, 5.74) is 0.884. The average molecular weight is 265 g/mol. The van der Waals surface area contributed by atoms with Crippen LogP contribution < -0.4 is 4.90 Å². The molecule has 0 saturated carbocycles. The summed E-state index contributed by atoms with van der Waals surface area (Å²) in [4.78, 5) is 13.0. The van der Waals surface area contributed by atoms with Gasteiger partial charge in [-0.2, -0.15) is 0 Å². The molecule has 98 valence electrons. The highest BCUT2D eigenvalue weighted by Gasteiger charge is 2.26. The fourth-order valence-electron chi connectivity index (χ4n) is 1.81. The van der Waals surface area contributed by atoms with Crippen LogP contribution in [0.15, 0.2) is 6.33 Å². The Balaban J connectivity index is 2.65. The fraction of sp³-hybridized carbons (Fsp3) is 0.538. The number of likely N-dealkylation sites (N-methyl/N-ethyl adjacent to an activating group) is 1. The third-order valence-electron chi connectivity index (χ3n) is 3.56. The number of rotatable bonds is 3. The van der Waals surface area contributed by atoms with Gasteiger partial charge in [0.25, 0.3) is 0 Å². The Morgan fingerprint density at radius 1 is 1.33 bits per heavy atom. The smallest absolute Gasteiger partial charge is 0.141 e. The van der Waals surface area contributed by atoms with Crippen molar-refractivity contribution in [3.63, 3.8) is 0 Å². The molecule has 18 heavy (non-hydrogen) atoms. The normalized spacial score (nSPS) is 12.1. The average Bonchev–Trinajstić information content (AvgIpc) is 2.64. The third kappa shape index (κ3) is 1.97. The summed E-state index contributed by atoms with van der Waals surface area (Å²) >= 11 is 1.69. The van der Waals surface area contributed by atoms with Crippen LogP contribution in [-0.2, 0) is 0 Å². The van der Waals surface area contributed by atoms with Crippen LogP contribution in [0.25, 0.3) is 10.2 Å². The molecule has 2 heterocycles. The van der Waals surface area contributed by atoms with E-state index in [0.717, 1.165) is 16.0 Å². The topological polar surface area (TPSA) is 49.2 Å². The molecule has 1 N–H and O–H groups in total. The molecule has 5 heteroatoms. The molecule has 0 radical (unpaired) electrons. The number of anilines is 1. The van der Waals surface area contributed by atoms with Gasteiger partial charge in [0, 0.05) is 11.9 Å². The van der Waals surface area contributed by atoms with Gasteiger partial charge in [-0.3, -0.25) is 0 Å². The van der Waals surface area contributed by atoms with Crippen molar-refractivity contribution in [1.29, 1.82) is 0 Å². The molecular weight excluding hydrogens is 246 g/mol. The van der Waals surface area contributed by atoms with Crippen molar-refractivity contribution < 1.29 is 5.11 Å². The van der Waals surface area contributed by atoms with Gasteiger partial charge < -0.3 is 10.0 Å². The number of aryl methyl sites for hydroxylation is 2. The lowest BCUT2D eigenvalue weighted by atomic mass is 10.0. The van der Waals surface area contributed by atoms with Crippen molar-refractivity contribution in [2.45, 2.75) is 33.2 Å². The third-order valence-corrected chi connectivity index (χ3v) is 4.67. The van der Waals surface area contributed by atoms with Crippen molar-refractivity contribution in [2.75, 3.05) is 18.6 Å². The summed E-state index contributed by atoms with van der Waals surface area (Å²) in [5.74, 6) is 0.890. The van der Waals surface area contributed by atoms with Gasteiger partial charge in [0.1, 0.15) is 17.0 Å². The minimum absolute atomic E-state index is 0.0805. The molecule has 0 aliphatic heterocycles. The summed E-state index contributed by atoms with van der Waals surface area (Å²) in [6, 6.07) is 0. The molecule has 2 rings (SSSR count). The lowest BCUT2D eigenvalue weighted by Crippen LogP contribution is -2.45. The highest BCUT2D eigenvalue weighted by molar-refractivity contribution is 7.18. The first-order valence-corrected chi connectivity index (χ1v) is 6.75. The van der Waals surface area contributed by atoms with Crippen molar-refractivity contribution in [3.8, 4) is 0 Å². The molecule has 0 spiro atoms. The van der Waals surface area contributed by atoms with Gasteiger partial charge in [-0.25, -0.2) is 9.97 Å². The van der Waals surface area contributed by atoms with E-state index < -0.39 is 0 Å². The Morgan fingerprint density at radius 2 is 2.00 bits per heavy atom. The van der Waals surface area contributed by atoms with Crippen LogP contribution in [0.4, 0.5) is 5.82 Å². The van der Waals surface area contributed by atoms with Gasteiger partial charge in [0.2, 0.25) is 0 Å². The SMILES string of the molecule is Cc1sc2ncnc(N(C)C(C)(C)CO)c2c1C. The van der Waals surface area contributed by atoms with Gasteiger partial charge >= 0.3 is 0 Å². The van der Waals surface area contributed by atoms with E-state index in [2.05, 4.69) is 23.8 Å².